The van der Waals surface area contributed by atoms with Crippen LogP contribution in [0.4, 0.5) is 5.69 Å². The quantitative estimate of drug-likeness (QED) is 0.234. The molecule has 0 saturated carbocycles. The van der Waals surface area contributed by atoms with E-state index in [1.807, 2.05) is 61.5 Å². The number of thioether (sulfide) groups is 2. The number of thiazole rings is 1. The number of hydrogen-bond acceptors (Lipinski definition) is 7. The lowest BCUT2D eigenvalue weighted by Gasteiger charge is -2.21. The molecule has 0 radical (unpaired) electrons. The molecule has 3 aromatic carbocycles. The van der Waals surface area contributed by atoms with E-state index in [-0.39, 0.29) is 11.5 Å². The molecular formula is C33H27N3O2S4. The third kappa shape index (κ3) is 5.22. The van der Waals surface area contributed by atoms with Crippen LogP contribution in [0.1, 0.15) is 25.0 Å². The van der Waals surface area contributed by atoms with Gasteiger partial charge in [0.25, 0.3) is 11.5 Å². The molecule has 2 aliphatic rings. The molecule has 1 aromatic heterocycles. The van der Waals surface area contributed by atoms with Crippen molar-refractivity contribution in [1.82, 2.24) is 9.47 Å². The van der Waals surface area contributed by atoms with Crippen LogP contribution in [0.15, 0.2) is 107 Å². The van der Waals surface area contributed by atoms with Gasteiger partial charge >= 0.3 is 0 Å². The molecule has 42 heavy (non-hydrogen) atoms. The van der Waals surface area contributed by atoms with Gasteiger partial charge in [-0.1, -0.05) is 115 Å². The number of amides is 1. The van der Waals surface area contributed by atoms with Gasteiger partial charge in [-0.15, -0.1) is 11.3 Å². The van der Waals surface area contributed by atoms with Crippen LogP contribution in [0.5, 0.6) is 0 Å². The standard InChI is InChI=1S/C33H27N3O2S4/c1-3-34-26(41-28(23-16-10-6-11-17-23)27(34)22-14-8-5-9-15-22)21-20-25-30(37)35(4-2)32(40-25)29-31(38)36(33(39)42-29)24-18-12-7-13-19-24/h5-21H,3-4H2,1-2H3/b25-20-,26-21+,32-29?. The van der Waals surface area contributed by atoms with E-state index >= 15 is 0 Å². The fraction of sp³-hybridized carbons (Fsp3) is 0.121. The summed E-state index contributed by atoms with van der Waals surface area (Å²) in [5.74, 6) is -0.197. The predicted molar refractivity (Wildman–Crippen MR) is 183 cm³/mol. The lowest BCUT2D eigenvalue weighted by Crippen LogP contribution is -2.33. The third-order valence-corrected chi connectivity index (χ3v) is 10.8. The Morgan fingerprint density at radius 3 is 1.98 bits per heavy atom. The monoisotopic (exact) mass is 625 g/mol. The number of carbonyl (C=O) groups is 1. The first-order valence-corrected chi connectivity index (χ1v) is 16.4. The number of para-hydroxylation sites is 1. The Morgan fingerprint density at radius 1 is 0.738 bits per heavy atom. The molecule has 0 bridgehead atoms. The van der Waals surface area contributed by atoms with E-state index in [1.165, 1.54) is 28.0 Å². The van der Waals surface area contributed by atoms with Crippen molar-refractivity contribution in [1.29, 1.82) is 0 Å². The van der Waals surface area contributed by atoms with E-state index in [1.54, 1.807) is 21.2 Å². The van der Waals surface area contributed by atoms with Crippen molar-refractivity contribution < 1.29 is 4.79 Å². The number of hydrogen-bond donors (Lipinski definition) is 0. The summed E-state index contributed by atoms with van der Waals surface area (Å²) in [6.45, 7) is 5.29. The molecule has 9 heteroatoms. The van der Waals surface area contributed by atoms with E-state index < -0.39 is 0 Å². The van der Waals surface area contributed by atoms with E-state index in [4.69, 9.17) is 12.2 Å². The highest BCUT2D eigenvalue weighted by Gasteiger charge is 2.35. The average molecular weight is 626 g/mol. The molecule has 5 nitrogen and oxygen atoms in total. The topological polar surface area (TPSA) is 45.5 Å². The summed E-state index contributed by atoms with van der Waals surface area (Å²) >= 11 is 9.88. The summed E-state index contributed by atoms with van der Waals surface area (Å²) < 4.78 is 3.36. The number of benzene rings is 3. The van der Waals surface area contributed by atoms with Crippen LogP contribution in [0.3, 0.4) is 0 Å². The Hall–Kier alpha value is -3.63. The van der Waals surface area contributed by atoms with E-state index in [0.717, 1.165) is 34.1 Å². The normalized spacial score (nSPS) is 18.2. The Bertz CT molecular complexity index is 1910. The number of aromatic nitrogens is 1. The van der Waals surface area contributed by atoms with Gasteiger partial charge in [-0.25, -0.2) is 0 Å². The van der Waals surface area contributed by atoms with Crippen LogP contribution in [0.2, 0.25) is 0 Å². The molecule has 0 N–H and O–H groups in total. The summed E-state index contributed by atoms with van der Waals surface area (Å²) in [4.78, 5) is 32.6. The maximum atomic E-state index is 13.5. The number of nitrogens with zero attached hydrogens (tertiary/aromatic N) is 3. The van der Waals surface area contributed by atoms with Crippen LogP contribution in [-0.4, -0.2) is 26.2 Å². The summed E-state index contributed by atoms with van der Waals surface area (Å²) in [5.41, 5.74) is 4.08. The van der Waals surface area contributed by atoms with Gasteiger partial charge in [0.2, 0.25) is 0 Å². The van der Waals surface area contributed by atoms with Gasteiger partial charge < -0.3 is 4.90 Å². The van der Waals surface area contributed by atoms with E-state index in [9.17, 15) is 9.59 Å². The van der Waals surface area contributed by atoms with Crippen molar-refractivity contribution in [2.75, 3.05) is 11.4 Å². The van der Waals surface area contributed by atoms with Crippen LogP contribution in [-0.2, 0) is 11.3 Å². The van der Waals surface area contributed by atoms with Crippen LogP contribution >= 0.6 is 47.1 Å². The minimum atomic E-state index is -0.197. The van der Waals surface area contributed by atoms with Gasteiger partial charge in [-0.05, 0) is 49.3 Å². The zero-order valence-corrected chi connectivity index (χ0v) is 26.3. The predicted octanol–water partition coefficient (Wildman–Crippen LogP) is 6.32. The fourth-order valence-electron chi connectivity index (χ4n) is 4.98. The lowest BCUT2D eigenvalue weighted by molar-refractivity contribution is -0.112. The summed E-state index contributed by atoms with van der Waals surface area (Å²) in [6, 6.07) is 30.2. The van der Waals surface area contributed by atoms with Gasteiger partial charge in [-0.3, -0.25) is 19.1 Å². The molecule has 0 unspecified atom stereocenters. The minimum absolute atomic E-state index is 0.107. The molecule has 4 aromatic rings. The number of anilines is 1. The van der Waals surface area contributed by atoms with Gasteiger partial charge in [0.15, 0.2) is 4.32 Å². The van der Waals surface area contributed by atoms with Gasteiger partial charge in [0.05, 0.1) is 20.9 Å². The molecule has 1 amide bonds. The zero-order chi connectivity index (χ0) is 29.2. The second-order valence-electron chi connectivity index (χ2n) is 9.42. The van der Waals surface area contributed by atoms with Crippen molar-refractivity contribution in [2.24, 2.45) is 0 Å². The Balaban J connectivity index is 1.44. The summed E-state index contributed by atoms with van der Waals surface area (Å²) in [5, 5.41) is 1.04. The van der Waals surface area contributed by atoms with E-state index in [2.05, 4.69) is 60.4 Å². The second-order valence-corrected chi connectivity index (χ2v) is 13.1. The smallest absolute Gasteiger partial charge is 0.273 e. The fourth-order valence-corrected chi connectivity index (χ4v) is 8.80. The van der Waals surface area contributed by atoms with Crippen LogP contribution < -0.4 is 19.7 Å². The van der Waals surface area contributed by atoms with Crippen molar-refractivity contribution >= 4 is 84.6 Å². The molecule has 0 aliphatic carbocycles. The molecule has 1 fully saturated rings. The Labute approximate surface area is 262 Å². The number of thiocarbonyl (C=S) groups is 1. The highest BCUT2D eigenvalue weighted by Crippen LogP contribution is 2.50. The summed E-state index contributed by atoms with van der Waals surface area (Å²) in [7, 11) is 0. The molecule has 6 rings (SSSR count). The van der Waals surface area contributed by atoms with Crippen molar-refractivity contribution in [3.63, 3.8) is 0 Å². The number of rotatable bonds is 6. The maximum absolute atomic E-state index is 13.5. The largest absolute Gasteiger partial charge is 0.335 e. The Morgan fingerprint density at radius 2 is 1.36 bits per heavy atom. The number of allylic oxidation sites excluding steroid dienone is 1. The van der Waals surface area contributed by atoms with Crippen molar-refractivity contribution in [2.45, 2.75) is 20.4 Å². The molecule has 2 aliphatic heterocycles. The Kier molecular flexibility index (Phi) is 8.35. The SMILES string of the molecule is CCN1C(c2ccccc2)=C(c2ccccc2)S/C1=C/C=c1\sc(=C2SC(=S)N(c3ccccc3)C2=O)n(CC)c1=O. The average Bonchev–Trinajstić information content (AvgIpc) is 3.66. The summed E-state index contributed by atoms with van der Waals surface area (Å²) in [6.07, 6.45) is 3.92. The first-order valence-electron chi connectivity index (χ1n) is 13.6. The van der Waals surface area contributed by atoms with Crippen LogP contribution in [0.25, 0.3) is 21.6 Å². The highest BCUT2D eigenvalue weighted by atomic mass is 32.2. The van der Waals surface area contributed by atoms with Crippen LogP contribution in [0, 0.1) is 0 Å². The second kappa shape index (κ2) is 12.3. The lowest BCUT2D eigenvalue weighted by atomic mass is 10.1. The molecule has 0 atom stereocenters. The maximum Gasteiger partial charge on any atom is 0.273 e. The van der Waals surface area contributed by atoms with E-state index in [0.29, 0.717) is 25.0 Å². The third-order valence-electron chi connectivity index (χ3n) is 6.94. The van der Waals surface area contributed by atoms with Crippen molar-refractivity contribution in [3.05, 3.63) is 133 Å². The molecule has 210 valence electrons. The molecule has 3 heterocycles. The molecular weight excluding hydrogens is 599 g/mol. The highest BCUT2D eigenvalue weighted by molar-refractivity contribution is 8.31. The number of carbonyl (C=O) groups excluding carboxylic acids is 1. The molecule has 1 saturated heterocycles. The van der Waals surface area contributed by atoms with Crippen molar-refractivity contribution in [3.8, 4) is 0 Å². The first kappa shape index (κ1) is 28.5. The minimum Gasteiger partial charge on any atom is -0.335 e. The molecule has 0 spiro atoms. The zero-order valence-electron chi connectivity index (χ0n) is 23.0. The van der Waals surface area contributed by atoms with Gasteiger partial charge in [0, 0.05) is 18.0 Å². The first-order chi connectivity index (χ1) is 20.5. The van der Waals surface area contributed by atoms with Gasteiger partial charge in [0.1, 0.15) is 9.57 Å². The van der Waals surface area contributed by atoms with Gasteiger partial charge in [-0.2, -0.15) is 0 Å².